The first kappa shape index (κ1) is 11.7. The van der Waals surface area contributed by atoms with E-state index in [2.05, 4.69) is 17.5 Å². The molecule has 1 aliphatic carbocycles. The van der Waals surface area contributed by atoms with Crippen molar-refractivity contribution in [2.75, 3.05) is 6.54 Å². The van der Waals surface area contributed by atoms with Crippen molar-refractivity contribution in [3.05, 3.63) is 47.3 Å². The SMILES string of the molecule is Fc1cc(COC2CNC3(C=C3)C2)cc(F)c1F. The van der Waals surface area contributed by atoms with E-state index in [9.17, 15) is 13.2 Å². The Balaban J connectivity index is 1.60. The molecule has 2 aliphatic rings. The van der Waals surface area contributed by atoms with Crippen LogP contribution in [-0.4, -0.2) is 18.2 Å². The molecule has 1 heterocycles. The minimum absolute atomic E-state index is 0.0103. The molecule has 0 amide bonds. The fourth-order valence-corrected chi connectivity index (χ4v) is 2.20. The molecular weight excluding hydrogens is 243 g/mol. The van der Waals surface area contributed by atoms with Crippen LogP contribution in [0.1, 0.15) is 12.0 Å². The van der Waals surface area contributed by atoms with E-state index in [4.69, 9.17) is 4.74 Å². The van der Waals surface area contributed by atoms with E-state index in [1.165, 1.54) is 0 Å². The van der Waals surface area contributed by atoms with E-state index in [1.807, 2.05) is 0 Å². The van der Waals surface area contributed by atoms with Crippen molar-refractivity contribution >= 4 is 0 Å². The third-order valence-corrected chi connectivity index (χ3v) is 3.32. The molecule has 1 unspecified atom stereocenters. The first-order valence-corrected chi connectivity index (χ1v) is 5.78. The summed E-state index contributed by atoms with van der Waals surface area (Å²) in [4.78, 5) is 0. The molecule has 1 aromatic rings. The molecule has 1 fully saturated rings. The molecule has 0 bridgehead atoms. The highest BCUT2D eigenvalue weighted by molar-refractivity contribution is 5.36. The molecule has 1 aromatic carbocycles. The average molecular weight is 255 g/mol. The van der Waals surface area contributed by atoms with Crippen LogP contribution in [0.3, 0.4) is 0 Å². The first-order chi connectivity index (χ1) is 8.58. The molecule has 18 heavy (non-hydrogen) atoms. The fraction of sp³-hybridized carbons (Fsp3) is 0.385. The predicted octanol–water partition coefficient (Wildman–Crippen LogP) is 2.29. The van der Waals surface area contributed by atoms with Gasteiger partial charge in [-0.15, -0.1) is 0 Å². The van der Waals surface area contributed by atoms with Crippen molar-refractivity contribution in [2.24, 2.45) is 0 Å². The minimum Gasteiger partial charge on any atom is -0.372 e. The van der Waals surface area contributed by atoms with Gasteiger partial charge in [0.15, 0.2) is 17.5 Å². The van der Waals surface area contributed by atoms with Gasteiger partial charge in [-0.1, -0.05) is 12.2 Å². The van der Waals surface area contributed by atoms with Gasteiger partial charge in [0.1, 0.15) is 0 Å². The van der Waals surface area contributed by atoms with Gasteiger partial charge in [0.05, 0.1) is 18.2 Å². The van der Waals surface area contributed by atoms with Crippen LogP contribution in [0.15, 0.2) is 24.3 Å². The molecule has 3 rings (SSSR count). The number of halogens is 3. The molecular formula is C13H12F3NO. The Morgan fingerprint density at radius 1 is 1.22 bits per heavy atom. The lowest BCUT2D eigenvalue weighted by atomic mass is 10.1. The van der Waals surface area contributed by atoms with Gasteiger partial charge in [0.2, 0.25) is 0 Å². The van der Waals surface area contributed by atoms with Gasteiger partial charge in [-0.2, -0.15) is 0 Å². The maximum Gasteiger partial charge on any atom is 0.194 e. The Morgan fingerprint density at radius 3 is 2.44 bits per heavy atom. The van der Waals surface area contributed by atoms with Gasteiger partial charge < -0.3 is 10.1 Å². The summed E-state index contributed by atoms with van der Waals surface area (Å²) < 4.78 is 44.3. The summed E-state index contributed by atoms with van der Waals surface area (Å²) in [7, 11) is 0. The summed E-state index contributed by atoms with van der Waals surface area (Å²) in [5, 5.41) is 3.28. The summed E-state index contributed by atoms with van der Waals surface area (Å²) in [5.41, 5.74) is 0.320. The summed E-state index contributed by atoms with van der Waals surface area (Å²) in [5.74, 6) is -3.81. The summed E-state index contributed by atoms with van der Waals surface area (Å²) in [6.07, 6.45) is 4.97. The molecule has 1 saturated heterocycles. The Morgan fingerprint density at radius 2 is 1.89 bits per heavy atom. The van der Waals surface area contributed by atoms with Gasteiger partial charge in [-0.25, -0.2) is 13.2 Å². The second-order valence-corrected chi connectivity index (χ2v) is 4.77. The average Bonchev–Trinajstić information content (AvgIpc) is 2.96. The highest BCUT2D eigenvalue weighted by atomic mass is 19.2. The van der Waals surface area contributed by atoms with E-state index in [1.54, 1.807) is 0 Å². The fourth-order valence-electron chi connectivity index (χ4n) is 2.20. The third-order valence-electron chi connectivity index (χ3n) is 3.32. The van der Waals surface area contributed by atoms with Crippen molar-refractivity contribution < 1.29 is 17.9 Å². The molecule has 1 spiro atoms. The Labute approximate surface area is 102 Å². The summed E-state index contributed by atoms with van der Waals surface area (Å²) >= 11 is 0. The Hall–Kier alpha value is -1.33. The zero-order chi connectivity index (χ0) is 12.8. The molecule has 0 radical (unpaired) electrons. The zero-order valence-electron chi connectivity index (χ0n) is 9.55. The molecule has 0 saturated carbocycles. The van der Waals surface area contributed by atoms with E-state index in [-0.39, 0.29) is 18.2 Å². The number of benzene rings is 1. The van der Waals surface area contributed by atoms with Crippen molar-refractivity contribution in [2.45, 2.75) is 24.7 Å². The third kappa shape index (κ3) is 2.15. The largest absolute Gasteiger partial charge is 0.372 e. The highest BCUT2D eigenvalue weighted by Crippen LogP contribution is 2.34. The van der Waals surface area contributed by atoms with E-state index >= 15 is 0 Å². The van der Waals surface area contributed by atoms with Crippen LogP contribution >= 0.6 is 0 Å². The van der Waals surface area contributed by atoms with Crippen molar-refractivity contribution in [3.63, 3.8) is 0 Å². The standard InChI is InChI=1S/C13H12F3NO/c14-10-3-8(4-11(15)12(10)16)7-18-9-5-13(1-2-13)17-6-9/h1-4,9,17H,5-7H2. The number of rotatable bonds is 3. The Bertz CT molecular complexity index is 486. The van der Waals surface area contributed by atoms with Crippen molar-refractivity contribution in [3.8, 4) is 0 Å². The molecule has 1 N–H and O–H groups in total. The minimum atomic E-state index is -1.44. The van der Waals surface area contributed by atoms with Crippen LogP contribution in [0, 0.1) is 17.5 Å². The number of nitrogens with one attached hydrogen (secondary N) is 1. The normalized spacial score (nSPS) is 23.8. The highest BCUT2D eigenvalue weighted by Gasteiger charge is 2.41. The van der Waals surface area contributed by atoms with E-state index < -0.39 is 17.5 Å². The molecule has 2 nitrogen and oxygen atoms in total. The van der Waals surface area contributed by atoms with Gasteiger partial charge in [-0.3, -0.25) is 0 Å². The van der Waals surface area contributed by atoms with Gasteiger partial charge in [0, 0.05) is 13.0 Å². The van der Waals surface area contributed by atoms with E-state index in [0.717, 1.165) is 18.6 Å². The van der Waals surface area contributed by atoms with E-state index in [0.29, 0.717) is 12.1 Å². The van der Waals surface area contributed by atoms with Crippen LogP contribution in [0.25, 0.3) is 0 Å². The predicted molar refractivity (Wildman–Crippen MR) is 59.4 cm³/mol. The quantitative estimate of drug-likeness (QED) is 0.661. The van der Waals surface area contributed by atoms with Crippen molar-refractivity contribution in [1.29, 1.82) is 0 Å². The lowest BCUT2D eigenvalue weighted by Gasteiger charge is -2.11. The van der Waals surface area contributed by atoms with Crippen molar-refractivity contribution in [1.82, 2.24) is 5.32 Å². The Kier molecular flexibility index (Phi) is 2.68. The zero-order valence-corrected chi connectivity index (χ0v) is 9.55. The monoisotopic (exact) mass is 255 g/mol. The second-order valence-electron chi connectivity index (χ2n) is 4.77. The molecule has 0 aromatic heterocycles. The summed E-state index contributed by atoms with van der Waals surface area (Å²) in [6.45, 7) is 0.787. The number of hydrogen-bond donors (Lipinski definition) is 1. The maximum atomic E-state index is 13.0. The summed E-state index contributed by atoms with van der Waals surface area (Å²) in [6, 6.07) is 1.93. The lowest BCUT2D eigenvalue weighted by molar-refractivity contribution is 0.0522. The number of hydrogen-bond acceptors (Lipinski definition) is 2. The smallest absolute Gasteiger partial charge is 0.194 e. The second kappa shape index (κ2) is 4.10. The van der Waals surface area contributed by atoms with Gasteiger partial charge >= 0.3 is 0 Å². The van der Waals surface area contributed by atoms with Crippen LogP contribution in [0.4, 0.5) is 13.2 Å². The molecule has 1 atom stereocenters. The molecule has 1 aliphatic heterocycles. The van der Waals surface area contributed by atoms with Crippen LogP contribution in [0.2, 0.25) is 0 Å². The molecule has 5 heteroatoms. The molecule has 96 valence electrons. The maximum absolute atomic E-state index is 13.0. The van der Waals surface area contributed by atoms with Crippen LogP contribution < -0.4 is 5.32 Å². The topological polar surface area (TPSA) is 21.3 Å². The van der Waals surface area contributed by atoms with Gasteiger partial charge in [0.25, 0.3) is 0 Å². The number of ether oxygens (including phenoxy) is 1. The van der Waals surface area contributed by atoms with Gasteiger partial charge in [-0.05, 0) is 17.7 Å². The first-order valence-electron chi connectivity index (χ1n) is 5.78. The lowest BCUT2D eigenvalue weighted by Crippen LogP contribution is -2.24. The van der Waals surface area contributed by atoms with Crippen LogP contribution in [-0.2, 0) is 11.3 Å². The van der Waals surface area contributed by atoms with Crippen LogP contribution in [0.5, 0.6) is 0 Å².